The Morgan fingerprint density at radius 1 is 1.19 bits per heavy atom. The summed E-state index contributed by atoms with van der Waals surface area (Å²) in [4.78, 5) is 14.2. The van der Waals surface area contributed by atoms with Crippen molar-refractivity contribution in [2.45, 2.75) is 27.2 Å². The number of rotatable bonds is 7. The van der Waals surface area contributed by atoms with E-state index in [-0.39, 0.29) is 17.7 Å². The summed E-state index contributed by atoms with van der Waals surface area (Å²) in [6.07, 6.45) is 0.239. The summed E-state index contributed by atoms with van der Waals surface area (Å²) in [6, 6.07) is 16.8. The Hall–Kier alpha value is -3.00. The average molecular weight is 365 g/mol. The number of ether oxygens (including phenoxy) is 1. The first-order valence-corrected chi connectivity index (χ1v) is 9.01. The van der Waals surface area contributed by atoms with Gasteiger partial charge in [-0.15, -0.1) is 0 Å². The van der Waals surface area contributed by atoms with Crippen molar-refractivity contribution in [2.75, 3.05) is 30.4 Å². The van der Waals surface area contributed by atoms with Gasteiger partial charge in [0.2, 0.25) is 5.91 Å². The molecule has 0 saturated carbocycles. The van der Waals surface area contributed by atoms with E-state index in [1.807, 2.05) is 24.3 Å². The van der Waals surface area contributed by atoms with Gasteiger partial charge in [-0.05, 0) is 47.9 Å². The van der Waals surface area contributed by atoms with Gasteiger partial charge < -0.3 is 15.0 Å². The molecular weight excluding hydrogens is 338 g/mol. The van der Waals surface area contributed by atoms with E-state index >= 15 is 0 Å². The van der Waals surface area contributed by atoms with Crippen LogP contribution in [0.3, 0.4) is 0 Å². The van der Waals surface area contributed by atoms with Crippen LogP contribution in [0.4, 0.5) is 11.4 Å². The van der Waals surface area contributed by atoms with Gasteiger partial charge in [-0.3, -0.25) is 4.79 Å². The lowest BCUT2D eigenvalue weighted by molar-refractivity contribution is -0.116. The van der Waals surface area contributed by atoms with Crippen LogP contribution in [0.1, 0.15) is 32.8 Å². The zero-order valence-electron chi connectivity index (χ0n) is 16.5. The second-order valence-electron chi connectivity index (χ2n) is 7.75. The number of carbonyl (C=O) groups is 1. The Balaban J connectivity index is 1.79. The van der Waals surface area contributed by atoms with Crippen LogP contribution >= 0.6 is 0 Å². The highest BCUT2D eigenvalue weighted by atomic mass is 16.5. The van der Waals surface area contributed by atoms with Gasteiger partial charge in [0, 0.05) is 25.0 Å². The number of benzene rings is 2. The van der Waals surface area contributed by atoms with E-state index in [4.69, 9.17) is 10.00 Å². The minimum absolute atomic E-state index is 0.147. The van der Waals surface area contributed by atoms with Gasteiger partial charge in [-0.25, -0.2) is 0 Å². The van der Waals surface area contributed by atoms with Crippen LogP contribution in [0.5, 0.6) is 5.75 Å². The number of nitriles is 1. The number of amides is 1. The van der Waals surface area contributed by atoms with Crippen LogP contribution in [0, 0.1) is 16.7 Å². The highest BCUT2D eigenvalue weighted by molar-refractivity contribution is 5.90. The third-order valence-corrected chi connectivity index (χ3v) is 3.86. The number of nitrogens with zero attached hydrogens (tertiary/aromatic N) is 2. The summed E-state index contributed by atoms with van der Waals surface area (Å²) < 4.78 is 5.66. The summed E-state index contributed by atoms with van der Waals surface area (Å²) in [5, 5.41) is 11.7. The number of hydrogen-bond acceptors (Lipinski definition) is 4. The third-order valence-electron chi connectivity index (χ3n) is 3.86. The van der Waals surface area contributed by atoms with Crippen molar-refractivity contribution in [1.82, 2.24) is 0 Å². The molecule has 0 aliphatic heterocycles. The van der Waals surface area contributed by atoms with E-state index in [0.29, 0.717) is 17.9 Å². The molecule has 0 bridgehead atoms. The summed E-state index contributed by atoms with van der Waals surface area (Å²) in [5.74, 6) is 0.591. The van der Waals surface area contributed by atoms with Gasteiger partial charge in [0.1, 0.15) is 5.75 Å². The van der Waals surface area contributed by atoms with Crippen molar-refractivity contribution < 1.29 is 9.53 Å². The third kappa shape index (κ3) is 7.02. The lowest BCUT2D eigenvalue weighted by atomic mass is 9.96. The normalized spacial score (nSPS) is 10.8. The second-order valence-corrected chi connectivity index (χ2v) is 7.75. The number of carbonyl (C=O) groups excluding carboxylic acids is 1. The van der Waals surface area contributed by atoms with Crippen LogP contribution in [0.2, 0.25) is 0 Å². The van der Waals surface area contributed by atoms with Gasteiger partial charge >= 0.3 is 0 Å². The molecule has 5 nitrogen and oxygen atoms in total. The number of anilines is 2. The van der Waals surface area contributed by atoms with Gasteiger partial charge in [0.25, 0.3) is 0 Å². The molecule has 0 radical (unpaired) electrons. The predicted octanol–water partition coefficient (Wildman–Crippen LogP) is 4.45. The maximum atomic E-state index is 12.0. The molecule has 0 unspecified atom stereocenters. The molecule has 0 spiro atoms. The van der Waals surface area contributed by atoms with Gasteiger partial charge in [0.15, 0.2) is 0 Å². The van der Waals surface area contributed by atoms with Gasteiger partial charge in [-0.2, -0.15) is 5.26 Å². The molecule has 0 aliphatic carbocycles. The van der Waals surface area contributed by atoms with Gasteiger partial charge in [-0.1, -0.05) is 26.8 Å². The van der Waals surface area contributed by atoms with Crippen molar-refractivity contribution in [3.63, 3.8) is 0 Å². The Kier molecular flexibility index (Phi) is 6.84. The molecule has 27 heavy (non-hydrogen) atoms. The van der Waals surface area contributed by atoms with Crippen molar-refractivity contribution in [2.24, 2.45) is 5.41 Å². The lowest BCUT2D eigenvalue weighted by Gasteiger charge is -2.28. The Labute approximate surface area is 161 Å². The van der Waals surface area contributed by atoms with Gasteiger partial charge in [0.05, 0.1) is 24.7 Å². The smallest absolute Gasteiger partial charge is 0.227 e. The highest BCUT2D eigenvalue weighted by Gasteiger charge is 2.14. The van der Waals surface area contributed by atoms with E-state index < -0.39 is 0 Å². The number of nitrogens with one attached hydrogen (secondary N) is 1. The molecule has 0 saturated heterocycles. The molecule has 0 heterocycles. The Morgan fingerprint density at radius 3 is 2.52 bits per heavy atom. The molecule has 0 aromatic heterocycles. The van der Waals surface area contributed by atoms with E-state index in [1.54, 1.807) is 24.3 Å². The zero-order chi connectivity index (χ0) is 19.9. The molecule has 0 aliphatic rings. The molecule has 0 fully saturated rings. The maximum Gasteiger partial charge on any atom is 0.227 e. The van der Waals surface area contributed by atoms with E-state index in [9.17, 15) is 4.79 Å². The van der Waals surface area contributed by atoms with Crippen LogP contribution in [0.25, 0.3) is 0 Å². The fraction of sp³-hybridized carbons (Fsp3) is 0.364. The van der Waals surface area contributed by atoms with Crippen molar-refractivity contribution in [3.05, 3.63) is 54.1 Å². The fourth-order valence-electron chi connectivity index (χ4n) is 2.75. The monoisotopic (exact) mass is 365 g/mol. The van der Waals surface area contributed by atoms with Crippen LogP contribution in [0.15, 0.2) is 48.5 Å². The molecule has 2 aromatic carbocycles. The summed E-state index contributed by atoms with van der Waals surface area (Å²) in [5.41, 5.74) is 2.49. The Morgan fingerprint density at radius 2 is 1.89 bits per heavy atom. The summed E-state index contributed by atoms with van der Waals surface area (Å²) >= 11 is 0. The van der Waals surface area contributed by atoms with Crippen LogP contribution < -0.4 is 15.0 Å². The molecule has 1 N–H and O–H groups in total. The standard InChI is InChI=1S/C22H27N3O2/c1-22(2,3)16-25(4)19-8-10-20(11-9-19)27-13-12-21(26)24-18-7-5-6-17(14-18)15-23/h5-11,14H,12-13,16H2,1-4H3,(H,24,26). The molecule has 1 amide bonds. The fourth-order valence-corrected chi connectivity index (χ4v) is 2.75. The van der Waals surface area contributed by atoms with Crippen molar-refractivity contribution in [1.29, 1.82) is 5.26 Å². The molecule has 2 aromatic rings. The first kappa shape index (κ1) is 20.3. The van der Waals surface area contributed by atoms with E-state index in [0.717, 1.165) is 18.0 Å². The molecular formula is C22H27N3O2. The average Bonchev–Trinajstić information content (AvgIpc) is 2.61. The molecule has 142 valence electrons. The highest BCUT2D eigenvalue weighted by Crippen LogP contribution is 2.22. The predicted molar refractivity (Wildman–Crippen MR) is 109 cm³/mol. The molecule has 5 heteroatoms. The lowest BCUT2D eigenvalue weighted by Crippen LogP contribution is -2.28. The first-order chi connectivity index (χ1) is 12.8. The van der Waals surface area contributed by atoms with E-state index in [2.05, 4.69) is 44.1 Å². The quantitative estimate of drug-likeness (QED) is 0.787. The Bertz CT molecular complexity index is 802. The summed E-state index contributed by atoms with van der Waals surface area (Å²) in [6.45, 7) is 7.88. The van der Waals surface area contributed by atoms with Crippen LogP contribution in [-0.4, -0.2) is 26.1 Å². The summed E-state index contributed by atoms with van der Waals surface area (Å²) in [7, 11) is 2.08. The number of hydrogen-bond donors (Lipinski definition) is 1. The SMILES string of the molecule is CN(CC(C)(C)C)c1ccc(OCCC(=O)Nc2cccc(C#N)c2)cc1. The minimum atomic E-state index is -0.147. The van der Waals surface area contributed by atoms with Crippen molar-refractivity contribution in [3.8, 4) is 11.8 Å². The molecule has 2 rings (SSSR count). The second kappa shape index (κ2) is 9.09. The largest absolute Gasteiger partial charge is 0.493 e. The zero-order valence-corrected chi connectivity index (χ0v) is 16.5. The van der Waals surface area contributed by atoms with Crippen LogP contribution in [-0.2, 0) is 4.79 Å². The minimum Gasteiger partial charge on any atom is -0.493 e. The van der Waals surface area contributed by atoms with Crippen molar-refractivity contribution >= 4 is 17.3 Å². The maximum absolute atomic E-state index is 12.0. The molecule has 0 atom stereocenters. The van der Waals surface area contributed by atoms with E-state index in [1.165, 1.54) is 0 Å². The topological polar surface area (TPSA) is 65.4 Å². The first-order valence-electron chi connectivity index (χ1n) is 9.01.